The predicted octanol–water partition coefficient (Wildman–Crippen LogP) is 0.903. The molecule has 0 N–H and O–H groups in total. The van der Waals surface area contributed by atoms with Crippen molar-refractivity contribution < 1.29 is 8.42 Å². The fraction of sp³-hybridized carbons (Fsp3) is 0.294. The van der Waals surface area contributed by atoms with Crippen molar-refractivity contribution in [1.82, 2.24) is 29.1 Å². The summed E-state index contributed by atoms with van der Waals surface area (Å²) in [5.74, 6) is 0.417. The first-order chi connectivity index (χ1) is 13.0. The summed E-state index contributed by atoms with van der Waals surface area (Å²) in [6, 6.07) is 11.8. The Balaban J connectivity index is 1.98. The number of tetrazole rings is 1. The van der Waals surface area contributed by atoms with Gasteiger partial charge in [-0.25, -0.2) is 8.42 Å². The third-order valence-corrected chi connectivity index (χ3v) is 6.18. The van der Waals surface area contributed by atoms with E-state index in [9.17, 15) is 13.2 Å². The Labute approximate surface area is 156 Å². The van der Waals surface area contributed by atoms with E-state index in [2.05, 4.69) is 15.5 Å². The largest absolute Gasteiger partial charge is 0.306 e. The normalized spacial score (nSPS) is 11.8. The molecule has 0 bridgehead atoms. The van der Waals surface area contributed by atoms with E-state index >= 15 is 0 Å². The fourth-order valence-corrected chi connectivity index (χ4v) is 4.20. The van der Waals surface area contributed by atoms with Gasteiger partial charge in [0.15, 0.2) is 5.82 Å². The summed E-state index contributed by atoms with van der Waals surface area (Å²) >= 11 is 0. The summed E-state index contributed by atoms with van der Waals surface area (Å²) < 4.78 is 29.6. The zero-order valence-electron chi connectivity index (χ0n) is 15.1. The number of aromatic nitrogens is 5. The topological polar surface area (TPSA) is 103 Å². The van der Waals surface area contributed by atoms with Crippen molar-refractivity contribution in [2.75, 3.05) is 13.1 Å². The van der Waals surface area contributed by atoms with Crippen molar-refractivity contribution in [2.45, 2.75) is 25.3 Å². The maximum Gasteiger partial charge on any atom is 0.251 e. The second kappa shape index (κ2) is 7.80. The van der Waals surface area contributed by atoms with Crippen LogP contribution in [0.3, 0.4) is 0 Å². The lowest BCUT2D eigenvalue weighted by atomic mass is 10.3. The Kier molecular flexibility index (Phi) is 5.47. The lowest BCUT2D eigenvalue weighted by Crippen LogP contribution is -2.32. The maximum atomic E-state index is 12.7. The van der Waals surface area contributed by atoms with Crippen LogP contribution >= 0.6 is 0 Å². The predicted molar refractivity (Wildman–Crippen MR) is 99.1 cm³/mol. The Morgan fingerprint density at radius 3 is 2.41 bits per heavy atom. The second-order valence-corrected chi connectivity index (χ2v) is 7.70. The summed E-state index contributed by atoms with van der Waals surface area (Å²) in [4.78, 5) is 12.3. The van der Waals surface area contributed by atoms with Gasteiger partial charge in [-0.3, -0.25) is 4.79 Å². The van der Waals surface area contributed by atoms with Crippen molar-refractivity contribution >= 4 is 10.0 Å². The van der Waals surface area contributed by atoms with E-state index in [1.807, 2.05) is 30.3 Å². The molecule has 0 unspecified atom stereocenters. The van der Waals surface area contributed by atoms with E-state index in [0.29, 0.717) is 18.9 Å². The molecule has 0 radical (unpaired) electrons. The minimum atomic E-state index is -3.67. The molecular formula is C17H20N6O3S. The number of pyridine rings is 1. The smallest absolute Gasteiger partial charge is 0.251 e. The monoisotopic (exact) mass is 388 g/mol. The Hall–Kier alpha value is -2.85. The van der Waals surface area contributed by atoms with Gasteiger partial charge in [-0.15, -0.1) is 5.10 Å². The molecule has 10 heteroatoms. The van der Waals surface area contributed by atoms with Crippen molar-refractivity contribution in [3.05, 3.63) is 64.8 Å². The van der Waals surface area contributed by atoms with Gasteiger partial charge in [0, 0.05) is 25.4 Å². The molecule has 0 saturated heterocycles. The highest BCUT2D eigenvalue weighted by molar-refractivity contribution is 7.89. The molecule has 0 aliphatic carbocycles. The van der Waals surface area contributed by atoms with E-state index in [1.54, 1.807) is 13.8 Å². The van der Waals surface area contributed by atoms with Gasteiger partial charge in [-0.2, -0.15) is 8.99 Å². The number of hydrogen-bond acceptors (Lipinski definition) is 6. The van der Waals surface area contributed by atoms with Crippen LogP contribution in [0.25, 0.3) is 5.69 Å². The second-order valence-electron chi connectivity index (χ2n) is 5.76. The standard InChI is InChI=1S/C17H20N6O3S/c1-3-22(4-2)27(25,26)15-10-11-17(24)21(12-15)13-16-18-19-20-23(16)14-8-6-5-7-9-14/h5-12H,3-4,13H2,1-2H3. The van der Waals surface area contributed by atoms with Gasteiger partial charge < -0.3 is 4.57 Å². The Morgan fingerprint density at radius 2 is 1.74 bits per heavy atom. The molecule has 0 spiro atoms. The summed E-state index contributed by atoms with van der Waals surface area (Å²) in [5.41, 5.74) is 0.411. The van der Waals surface area contributed by atoms with E-state index in [4.69, 9.17) is 0 Å². The van der Waals surface area contributed by atoms with E-state index < -0.39 is 10.0 Å². The molecule has 0 fully saturated rings. The van der Waals surface area contributed by atoms with Crippen LogP contribution in [-0.2, 0) is 16.6 Å². The van der Waals surface area contributed by atoms with Gasteiger partial charge in [-0.1, -0.05) is 32.0 Å². The fourth-order valence-electron chi connectivity index (χ4n) is 2.72. The SMILES string of the molecule is CCN(CC)S(=O)(=O)c1ccc(=O)n(Cc2nnnn2-c2ccccc2)c1. The van der Waals surface area contributed by atoms with Crippen LogP contribution < -0.4 is 5.56 Å². The number of para-hydroxylation sites is 1. The lowest BCUT2D eigenvalue weighted by molar-refractivity contribution is 0.444. The summed E-state index contributed by atoms with van der Waals surface area (Å²) in [5, 5.41) is 11.6. The van der Waals surface area contributed by atoms with Crippen LogP contribution in [0.4, 0.5) is 0 Å². The Bertz CT molecular complexity index is 1070. The summed E-state index contributed by atoms with van der Waals surface area (Å²) in [6.45, 7) is 4.28. The number of nitrogens with zero attached hydrogens (tertiary/aromatic N) is 6. The molecule has 1 aromatic carbocycles. The molecule has 142 valence electrons. The minimum Gasteiger partial charge on any atom is -0.306 e. The lowest BCUT2D eigenvalue weighted by Gasteiger charge is -2.19. The van der Waals surface area contributed by atoms with E-state index in [-0.39, 0.29) is 17.0 Å². The minimum absolute atomic E-state index is 0.0440. The average Bonchev–Trinajstić information content (AvgIpc) is 3.13. The highest BCUT2D eigenvalue weighted by Gasteiger charge is 2.22. The molecule has 0 amide bonds. The zero-order valence-corrected chi connectivity index (χ0v) is 15.9. The molecule has 3 rings (SSSR count). The Morgan fingerprint density at radius 1 is 1.04 bits per heavy atom. The summed E-state index contributed by atoms with van der Waals surface area (Å²) in [7, 11) is -3.67. The van der Waals surface area contributed by atoms with Crippen molar-refractivity contribution in [2.24, 2.45) is 0 Å². The van der Waals surface area contributed by atoms with Gasteiger partial charge in [0.2, 0.25) is 10.0 Å². The quantitative estimate of drug-likeness (QED) is 0.596. The number of sulfonamides is 1. The van der Waals surface area contributed by atoms with Gasteiger partial charge in [-0.05, 0) is 28.6 Å². The number of benzene rings is 1. The number of hydrogen-bond donors (Lipinski definition) is 0. The van der Waals surface area contributed by atoms with Crippen molar-refractivity contribution in [3.63, 3.8) is 0 Å². The molecule has 0 saturated carbocycles. The number of rotatable bonds is 7. The third kappa shape index (κ3) is 3.81. The van der Waals surface area contributed by atoms with Crippen LogP contribution in [0.15, 0.2) is 58.4 Å². The van der Waals surface area contributed by atoms with Gasteiger partial charge in [0.05, 0.1) is 17.1 Å². The maximum absolute atomic E-state index is 12.7. The van der Waals surface area contributed by atoms with Crippen molar-refractivity contribution in [3.8, 4) is 5.69 Å². The van der Waals surface area contributed by atoms with Crippen LogP contribution in [-0.4, -0.2) is 50.6 Å². The molecule has 0 aliphatic rings. The first-order valence-corrected chi connectivity index (χ1v) is 9.94. The molecule has 0 atom stereocenters. The molecule has 3 aromatic rings. The molecular weight excluding hydrogens is 368 g/mol. The molecule has 0 aliphatic heterocycles. The molecule has 9 nitrogen and oxygen atoms in total. The molecule has 27 heavy (non-hydrogen) atoms. The highest BCUT2D eigenvalue weighted by Crippen LogP contribution is 2.14. The van der Waals surface area contributed by atoms with Crippen molar-refractivity contribution in [1.29, 1.82) is 0 Å². The van der Waals surface area contributed by atoms with Gasteiger partial charge in [0.25, 0.3) is 5.56 Å². The first kappa shape index (κ1) is 18.9. The van der Waals surface area contributed by atoms with Crippen LogP contribution in [0.5, 0.6) is 0 Å². The third-order valence-electron chi connectivity index (χ3n) is 4.15. The van der Waals surface area contributed by atoms with Gasteiger partial charge >= 0.3 is 0 Å². The zero-order chi connectivity index (χ0) is 19.4. The first-order valence-electron chi connectivity index (χ1n) is 8.50. The van der Waals surface area contributed by atoms with E-state index in [0.717, 1.165) is 5.69 Å². The van der Waals surface area contributed by atoms with Crippen LogP contribution in [0.1, 0.15) is 19.7 Å². The van der Waals surface area contributed by atoms with Crippen LogP contribution in [0.2, 0.25) is 0 Å². The highest BCUT2D eigenvalue weighted by atomic mass is 32.2. The average molecular weight is 388 g/mol. The van der Waals surface area contributed by atoms with Gasteiger partial charge in [0.1, 0.15) is 0 Å². The molecule has 2 heterocycles. The summed E-state index contributed by atoms with van der Waals surface area (Å²) in [6.07, 6.45) is 1.33. The van der Waals surface area contributed by atoms with Crippen LogP contribution in [0, 0.1) is 0 Å². The van der Waals surface area contributed by atoms with E-state index in [1.165, 1.54) is 31.9 Å². The molecule has 2 aromatic heterocycles.